The molecular weight excluding hydrogens is 322 g/mol. The molecule has 0 radical (unpaired) electrons. The molecular formula is C12H7Cl2FN4S. The van der Waals surface area contributed by atoms with E-state index >= 15 is 0 Å². The molecule has 0 spiro atoms. The molecule has 0 unspecified atom stereocenters. The Bertz CT molecular complexity index is 782. The minimum atomic E-state index is -0.506. The lowest BCUT2D eigenvalue weighted by Crippen LogP contribution is -2.01. The summed E-state index contributed by atoms with van der Waals surface area (Å²) in [5, 5.41) is 5.97. The molecule has 3 rings (SSSR count). The van der Waals surface area contributed by atoms with Crippen LogP contribution < -0.4 is 11.1 Å². The van der Waals surface area contributed by atoms with Gasteiger partial charge in [-0.15, -0.1) is 11.3 Å². The van der Waals surface area contributed by atoms with E-state index in [1.807, 2.05) is 11.4 Å². The first-order valence-electron chi connectivity index (χ1n) is 5.47. The predicted octanol–water partition coefficient (Wildman–Crippen LogP) is 4.46. The summed E-state index contributed by atoms with van der Waals surface area (Å²) in [6.45, 7) is 0. The van der Waals surface area contributed by atoms with Gasteiger partial charge in [0.1, 0.15) is 16.5 Å². The van der Waals surface area contributed by atoms with E-state index in [1.54, 1.807) is 0 Å². The van der Waals surface area contributed by atoms with Crippen LogP contribution in [0.3, 0.4) is 0 Å². The number of aromatic nitrogens is 2. The van der Waals surface area contributed by atoms with Gasteiger partial charge in [-0.3, -0.25) is 0 Å². The van der Waals surface area contributed by atoms with E-state index in [0.29, 0.717) is 11.5 Å². The van der Waals surface area contributed by atoms with Crippen molar-refractivity contribution in [1.82, 2.24) is 9.97 Å². The molecule has 0 saturated heterocycles. The Hall–Kier alpha value is -1.63. The average Bonchev–Trinajstić information content (AvgIpc) is 2.81. The average molecular weight is 329 g/mol. The Morgan fingerprint density at radius 3 is 2.60 bits per heavy atom. The van der Waals surface area contributed by atoms with Crippen molar-refractivity contribution in [2.75, 3.05) is 11.1 Å². The third kappa shape index (κ3) is 2.37. The molecule has 0 amide bonds. The number of nitrogen functional groups attached to an aromatic ring is 1. The quantitative estimate of drug-likeness (QED) is 0.728. The molecule has 8 heteroatoms. The Kier molecular flexibility index (Phi) is 3.37. The molecule has 2 aromatic heterocycles. The van der Waals surface area contributed by atoms with Crippen LogP contribution in [0, 0.1) is 5.82 Å². The zero-order chi connectivity index (χ0) is 14.3. The zero-order valence-corrected chi connectivity index (χ0v) is 12.2. The fourth-order valence-electron chi connectivity index (χ4n) is 1.75. The highest BCUT2D eigenvalue weighted by Gasteiger charge is 2.13. The van der Waals surface area contributed by atoms with Crippen molar-refractivity contribution in [1.29, 1.82) is 0 Å². The third-order valence-corrected chi connectivity index (χ3v) is 4.00. The Labute approximate surface area is 127 Å². The SMILES string of the molecule is Nc1nc(Nc2c(Cl)cc(F)cc2Cl)c2ccsc2n1. The van der Waals surface area contributed by atoms with Crippen LogP contribution in [0.2, 0.25) is 10.0 Å². The number of benzene rings is 1. The highest BCUT2D eigenvalue weighted by atomic mass is 35.5. The second-order valence-corrected chi connectivity index (χ2v) is 5.65. The molecule has 0 atom stereocenters. The first kappa shape index (κ1) is 13.4. The molecule has 0 aliphatic rings. The number of fused-ring (bicyclic) bond motifs is 1. The van der Waals surface area contributed by atoms with Crippen molar-refractivity contribution in [3.05, 3.63) is 39.4 Å². The van der Waals surface area contributed by atoms with Crippen LogP contribution in [0.4, 0.5) is 21.8 Å². The van der Waals surface area contributed by atoms with Crippen molar-refractivity contribution in [3.63, 3.8) is 0 Å². The number of anilines is 3. The summed E-state index contributed by atoms with van der Waals surface area (Å²) < 4.78 is 13.2. The van der Waals surface area contributed by atoms with E-state index < -0.39 is 5.82 Å². The number of nitrogens with two attached hydrogens (primary N) is 1. The van der Waals surface area contributed by atoms with Crippen LogP contribution in [0.25, 0.3) is 10.2 Å². The van der Waals surface area contributed by atoms with Gasteiger partial charge in [0, 0.05) is 0 Å². The summed E-state index contributed by atoms with van der Waals surface area (Å²) in [4.78, 5) is 8.99. The summed E-state index contributed by atoms with van der Waals surface area (Å²) in [5.74, 6) is 0.106. The maximum atomic E-state index is 13.2. The van der Waals surface area contributed by atoms with Crippen LogP contribution in [0.1, 0.15) is 0 Å². The van der Waals surface area contributed by atoms with Crippen LogP contribution in [0.5, 0.6) is 0 Å². The Morgan fingerprint density at radius 1 is 1.20 bits per heavy atom. The lowest BCUT2D eigenvalue weighted by molar-refractivity contribution is 0.628. The fourth-order valence-corrected chi connectivity index (χ4v) is 3.07. The van der Waals surface area contributed by atoms with Crippen molar-refractivity contribution < 1.29 is 4.39 Å². The first-order valence-corrected chi connectivity index (χ1v) is 7.10. The van der Waals surface area contributed by atoms with Gasteiger partial charge < -0.3 is 11.1 Å². The molecule has 3 N–H and O–H groups in total. The van der Waals surface area contributed by atoms with E-state index in [2.05, 4.69) is 15.3 Å². The second-order valence-electron chi connectivity index (χ2n) is 3.94. The molecule has 1 aromatic carbocycles. The Balaban J connectivity index is 2.12. The van der Waals surface area contributed by atoms with Crippen LogP contribution in [-0.4, -0.2) is 9.97 Å². The minimum absolute atomic E-state index is 0.136. The minimum Gasteiger partial charge on any atom is -0.368 e. The van der Waals surface area contributed by atoms with Gasteiger partial charge in [-0.05, 0) is 23.6 Å². The van der Waals surface area contributed by atoms with E-state index in [-0.39, 0.29) is 16.0 Å². The number of hydrogen-bond donors (Lipinski definition) is 2. The van der Waals surface area contributed by atoms with Gasteiger partial charge in [0.15, 0.2) is 0 Å². The number of halogens is 3. The standard InChI is InChI=1S/C12H7Cl2FN4S/c13-7-3-5(15)4-8(14)9(7)17-10-6-1-2-20-11(6)19-12(16)18-10/h1-4H,(H3,16,17,18,19). The smallest absolute Gasteiger partial charge is 0.223 e. The molecule has 102 valence electrons. The first-order chi connectivity index (χ1) is 9.54. The zero-order valence-electron chi connectivity index (χ0n) is 9.82. The summed E-state index contributed by atoms with van der Waals surface area (Å²) in [5.41, 5.74) is 6.03. The summed E-state index contributed by atoms with van der Waals surface area (Å²) in [6, 6.07) is 4.20. The topological polar surface area (TPSA) is 63.8 Å². The number of rotatable bonds is 2. The molecule has 2 heterocycles. The van der Waals surface area contributed by atoms with Gasteiger partial charge in [-0.1, -0.05) is 23.2 Å². The molecule has 0 aliphatic heterocycles. The van der Waals surface area contributed by atoms with Crippen LogP contribution in [0.15, 0.2) is 23.6 Å². The number of hydrogen-bond acceptors (Lipinski definition) is 5. The van der Waals surface area contributed by atoms with Crippen LogP contribution in [-0.2, 0) is 0 Å². The summed E-state index contributed by atoms with van der Waals surface area (Å²) >= 11 is 13.4. The van der Waals surface area contributed by atoms with Crippen molar-refractivity contribution in [2.24, 2.45) is 0 Å². The summed E-state index contributed by atoms with van der Waals surface area (Å²) in [7, 11) is 0. The van der Waals surface area contributed by atoms with Gasteiger partial charge in [-0.2, -0.15) is 4.98 Å². The molecule has 3 aromatic rings. The van der Waals surface area contributed by atoms with E-state index in [0.717, 1.165) is 10.2 Å². The highest BCUT2D eigenvalue weighted by Crippen LogP contribution is 2.35. The van der Waals surface area contributed by atoms with Crippen LogP contribution >= 0.6 is 34.5 Å². The molecule has 0 bridgehead atoms. The van der Waals surface area contributed by atoms with Crippen molar-refractivity contribution in [2.45, 2.75) is 0 Å². The predicted molar refractivity (Wildman–Crippen MR) is 81.5 cm³/mol. The Morgan fingerprint density at radius 2 is 1.90 bits per heavy atom. The fraction of sp³-hybridized carbons (Fsp3) is 0. The normalized spacial score (nSPS) is 10.9. The van der Waals surface area contributed by atoms with Gasteiger partial charge in [0.2, 0.25) is 5.95 Å². The van der Waals surface area contributed by atoms with E-state index in [1.165, 1.54) is 23.5 Å². The van der Waals surface area contributed by atoms with Gasteiger partial charge in [-0.25, -0.2) is 9.37 Å². The largest absolute Gasteiger partial charge is 0.368 e. The molecule has 0 aliphatic carbocycles. The van der Waals surface area contributed by atoms with Gasteiger partial charge in [0.25, 0.3) is 0 Å². The van der Waals surface area contributed by atoms with E-state index in [9.17, 15) is 4.39 Å². The number of nitrogens with zero attached hydrogens (tertiary/aromatic N) is 2. The molecule has 20 heavy (non-hydrogen) atoms. The maximum absolute atomic E-state index is 13.2. The highest BCUT2D eigenvalue weighted by molar-refractivity contribution is 7.16. The molecule has 0 saturated carbocycles. The lowest BCUT2D eigenvalue weighted by Gasteiger charge is -2.11. The lowest BCUT2D eigenvalue weighted by atomic mass is 10.3. The van der Waals surface area contributed by atoms with Crippen molar-refractivity contribution in [3.8, 4) is 0 Å². The molecule has 4 nitrogen and oxygen atoms in total. The number of nitrogens with one attached hydrogen (secondary N) is 1. The van der Waals surface area contributed by atoms with Gasteiger partial charge in [0.05, 0.1) is 21.1 Å². The monoisotopic (exact) mass is 328 g/mol. The summed E-state index contributed by atoms with van der Waals surface area (Å²) in [6.07, 6.45) is 0. The third-order valence-electron chi connectivity index (χ3n) is 2.59. The van der Waals surface area contributed by atoms with E-state index in [4.69, 9.17) is 28.9 Å². The van der Waals surface area contributed by atoms with Gasteiger partial charge >= 0.3 is 0 Å². The number of thiophene rings is 1. The second kappa shape index (κ2) is 5.05. The maximum Gasteiger partial charge on any atom is 0.223 e. The van der Waals surface area contributed by atoms with Crippen molar-refractivity contribution >= 4 is 62.2 Å². The molecule has 0 fully saturated rings.